The molecule has 0 aliphatic heterocycles. The average molecular weight is 391 g/mol. The average Bonchev–Trinajstić information content (AvgIpc) is 3.03. The number of rotatable bonds is 9. The van der Waals surface area contributed by atoms with Crippen LogP contribution in [0.2, 0.25) is 0 Å². The third kappa shape index (κ3) is 5.46. The van der Waals surface area contributed by atoms with Crippen molar-refractivity contribution in [2.75, 3.05) is 13.1 Å². The molecule has 1 heterocycles. The number of carboxylic acids is 2. The van der Waals surface area contributed by atoms with E-state index in [0.29, 0.717) is 0 Å². The van der Waals surface area contributed by atoms with Crippen LogP contribution in [0.4, 0.5) is 4.79 Å². The number of benzene rings is 1. The second kappa shape index (κ2) is 9.23. The normalized spacial score (nSPS) is 13.3. The van der Waals surface area contributed by atoms with Crippen molar-refractivity contribution >= 4 is 28.9 Å². The minimum absolute atomic E-state index is 0.00337. The number of aromatic amines is 1. The summed E-state index contributed by atoms with van der Waals surface area (Å²) >= 11 is 0. The van der Waals surface area contributed by atoms with Crippen molar-refractivity contribution in [3.8, 4) is 0 Å². The maximum absolute atomic E-state index is 12.6. The summed E-state index contributed by atoms with van der Waals surface area (Å²) in [5, 5.41) is 31.3. The van der Waals surface area contributed by atoms with Crippen molar-refractivity contribution in [3.05, 3.63) is 36.0 Å². The zero-order chi connectivity index (χ0) is 20.8. The fraction of sp³-hybridized carbons (Fsp3) is 0.421. The van der Waals surface area contributed by atoms with E-state index in [0.717, 1.165) is 21.4 Å². The molecule has 0 saturated heterocycles. The molecule has 0 saturated carbocycles. The Balaban J connectivity index is 2.15. The summed E-state index contributed by atoms with van der Waals surface area (Å²) in [6, 6.07) is 5.48. The molecule has 2 rings (SSSR count). The van der Waals surface area contributed by atoms with Crippen LogP contribution < -0.4 is 5.32 Å². The summed E-state index contributed by atoms with van der Waals surface area (Å²) in [6.07, 6.45) is 0.0101. The van der Waals surface area contributed by atoms with E-state index in [1.54, 1.807) is 6.20 Å². The predicted molar refractivity (Wildman–Crippen MR) is 102 cm³/mol. The molecule has 0 radical (unpaired) electrons. The Morgan fingerprint density at radius 3 is 2.39 bits per heavy atom. The van der Waals surface area contributed by atoms with Crippen LogP contribution in [0, 0.1) is 5.92 Å². The Kier molecular flexibility index (Phi) is 7.00. The zero-order valence-electron chi connectivity index (χ0n) is 15.8. The van der Waals surface area contributed by atoms with Crippen LogP contribution in [0.1, 0.15) is 19.4 Å². The number of aliphatic hydroxyl groups excluding tert-OH is 1. The van der Waals surface area contributed by atoms with E-state index in [-0.39, 0.29) is 18.9 Å². The Morgan fingerprint density at radius 1 is 1.11 bits per heavy atom. The molecule has 152 valence electrons. The molecule has 2 atom stereocenters. The third-order valence-electron chi connectivity index (χ3n) is 4.25. The van der Waals surface area contributed by atoms with Crippen molar-refractivity contribution in [2.45, 2.75) is 32.4 Å². The van der Waals surface area contributed by atoms with Gasteiger partial charge in [0.2, 0.25) is 0 Å². The van der Waals surface area contributed by atoms with Gasteiger partial charge in [-0.15, -0.1) is 0 Å². The highest BCUT2D eigenvalue weighted by Crippen LogP contribution is 2.19. The minimum atomic E-state index is -1.75. The summed E-state index contributed by atoms with van der Waals surface area (Å²) < 4.78 is 0. The van der Waals surface area contributed by atoms with Gasteiger partial charge >= 0.3 is 18.0 Å². The first-order valence-corrected chi connectivity index (χ1v) is 8.93. The van der Waals surface area contributed by atoms with E-state index in [9.17, 15) is 24.6 Å². The standard InChI is InChI=1S/C19H25N3O6/c1-11(2)9-22(10-16(23)18(26)27)19(28)21-15(17(24)25)7-12-8-20-14-6-4-3-5-13(12)14/h3-6,8,11,15-16,20,23H,7,9-10H2,1-2H3,(H,21,28)(H,24,25)(H,26,27)/t15-,16-/m0/s1. The van der Waals surface area contributed by atoms with Crippen LogP contribution in [0.15, 0.2) is 30.5 Å². The maximum atomic E-state index is 12.6. The largest absolute Gasteiger partial charge is 0.480 e. The molecular formula is C19H25N3O6. The van der Waals surface area contributed by atoms with Crippen molar-refractivity contribution in [3.63, 3.8) is 0 Å². The summed E-state index contributed by atoms with van der Waals surface area (Å²) in [7, 11) is 0. The number of carbonyl (C=O) groups excluding carboxylic acids is 1. The SMILES string of the molecule is CC(C)CN(C[C@H](O)C(=O)O)C(=O)N[C@@H](Cc1c[nH]c2ccccc12)C(=O)O. The van der Waals surface area contributed by atoms with E-state index < -0.39 is 36.7 Å². The molecule has 1 aromatic carbocycles. The number of para-hydroxylation sites is 1. The third-order valence-corrected chi connectivity index (χ3v) is 4.25. The molecule has 2 aromatic rings. The number of fused-ring (bicyclic) bond motifs is 1. The number of carbonyl (C=O) groups is 3. The summed E-state index contributed by atoms with van der Waals surface area (Å²) in [5.41, 5.74) is 1.60. The van der Waals surface area contributed by atoms with Crippen LogP contribution in [0.3, 0.4) is 0 Å². The molecule has 0 bridgehead atoms. The molecule has 2 amide bonds. The first-order chi connectivity index (χ1) is 13.2. The molecule has 5 N–H and O–H groups in total. The quantitative estimate of drug-likeness (QED) is 0.436. The smallest absolute Gasteiger partial charge is 0.334 e. The molecule has 0 aliphatic carbocycles. The number of aliphatic carboxylic acids is 2. The number of nitrogens with zero attached hydrogens (tertiary/aromatic N) is 1. The van der Waals surface area contributed by atoms with Gasteiger partial charge in [0, 0.05) is 30.1 Å². The first-order valence-electron chi connectivity index (χ1n) is 8.93. The number of H-pyrrole nitrogens is 1. The van der Waals surface area contributed by atoms with Gasteiger partial charge in [-0.1, -0.05) is 32.0 Å². The summed E-state index contributed by atoms with van der Waals surface area (Å²) in [4.78, 5) is 39.4. The highest BCUT2D eigenvalue weighted by molar-refractivity contribution is 5.86. The van der Waals surface area contributed by atoms with Crippen molar-refractivity contribution < 1.29 is 29.7 Å². The number of aromatic nitrogens is 1. The van der Waals surface area contributed by atoms with Crippen LogP contribution in [0.25, 0.3) is 10.9 Å². The van der Waals surface area contributed by atoms with Gasteiger partial charge in [-0.05, 0) is 17.5 Å². The lowest BCUT2D eigenvalue weighted by molar-refractivity contribution is -0.147. The fourth-order valence-corrected chi connectivity index (χ4v) is 2.93. The topological polar surface area (TPSA) is 143 Å². The molecule has 0 fully saturated rings. The Hall–Kier alpha value is -3.07. The lowest BCUT2D eigenvalue weighted by Gasteiger charge is -2.27. The monoisotopic (exact) mass is 391 g/mol. The van der Waals surface area contributed by atoms with E-state index >= 15 is 0 Å². The molecule has 0 aliphatic rings. The number of hydrogen-bond acceptors (Lipinski definition) is 4. The number of amides is 2. The Morgan fingerprint density at radius 2 is 1.79 bits per heavy atom. The lowest BCUT2D eigenvalue weighted by Crippen LogP contribution is -2.52. The fourth-order valence-electron chi connectivity index (χ4n) is 2.93. The van der Waals surface area contributed by atoms with E-state index in [1.165, 1.54) is 0 Å². The Bertz CT molecular complexity index is 847. The van der Waals surface area contributed by atoms with Crippen molar-refractivity contribution in [1.82, 2.24) is 15.2 Å². The van der Waals surface area contributed by atoms with Gasteiger partial charge < -0.3 is 30.5 Å². The highest BCUT2D eigenvalue weighted by atomic mass is 16.4. The van der Waals surface area contributed by atoms with Gasteiger partial charge in [-0.2, -0.15) is 0 Å². The van der Waals surface area contributed by atoms with Crippen LogP contribution >= 0.6 is 0 Å². The molecule has 1 aromatic heterocycles. The minimum Gasteiger partial charge on any atom is -0.480 e. The molecule has 0 spiro atoms. The number of aliphatic hydroxyl groups is 1. The van der Waals surface area contributed by atoms with Gasteiger partial charge in [-0.25, -0.2) is 14.4 Å². The van der Waals surface area contributed by atoms with Gasteiger partial charge in [0.25, 0.3) is 0 Å². The molecule has 28 heavy (non-hydrogen) atoms. The van der Waals surface area contributed by atoms with E-state index in [4.69, 9.17) is 5.11 Å². The maximum Gasteiger partial charge on any atom is 0.334 e. The predicted octanol–water partition coefficient (Wildman–Crippen LogP) is 1.28. The van der Waals surface area contributed by atoms with Gasteiger partial charge in [-0.3, -0.25) is 0 Å². The van der Waals surface area contributed by atoms with E-state index in [2.05, 4.69) is 10.3 Å². The molecule has 9 nitrogen and oxygen atoms in total. The molecule has 0 unspecified atom stereocenters. The summed E-state index contributed by atoms with van der Waals surface area (Å²) in [5.74, 6) is -2.65. The lowest BCUT2D eigenvalue weighted by atomic mass is 10.1. The molecular weight excluding hydrogens is 366 g/mol. The van der Waals surface area contributed by atoms with E-state index in [1.807, 2.05) is 38.1 Å². The number of carboxylic acid groups (broad SMARTS) is 2. The second-order valence-electron chi connectivity index (χ2n) is 7.06. The van der Waals surface area contributed by atoms with Crippen LogP contribution in [0.5, 0.6) is 0 Å². The van der Waals surface area contributed by atoms with Crippen molar-refractivity contribution in [2.24, 2.45) is 5.92 Å². The number of urea groups is 1. The molecule has 9 heteroatoms. The van der Waals surface area contributed by atoms with Crippen LogP contribution in [-0.2, 0) is 16.0 Å². The highest BCUT2D eigenvalue weighted by Gasteiger charge is 2.27. The zero-order valence-corrected chi connectivity index (χ0v) is 15.8. The number of hydrogen-bond donors (Lipinski definition) is 5. The Labute approximate surface area is 162 Å². The second-order valence-corrected chi connectivity index (χ2v) is 7.06. The van der Waals surface area contributed by atoms with Gasteiger partial charge in [0.05, 0.1) is 6.54 Å². The summed E-state index contributed by atoms with van der Waals surface area (Å²) in [6.45, 7) is 3.40. The first kappa shape index (κ1) is 21.2. The number of nitrogens with one attached hydrogen (secondary N) is 2. The van der Waals surface area contributed by atoms with Crippen molar-refractivity contribution in [1.29, 1.82) is 0 Å². The van der Waals surface area contributed by atoms with Crippen LogP contribution in [-0.4, -0.2) is 68.4 Å². The van der Waals surface area contributed by atoms with Gasteiger partial charge in [0.15, 0.2) is 6.10 Å². The van der Waals surface area contributed by atoms with Gasteiger partial charge in [0.1, 0.15) is 6.04 Å².